The summed E-state index contributed by atoms with van der Waals surface area (Å²) in [6, 6.07) is 6.29. The Balaban J connectivity index is 1.97. The summed E-state index contributed by atoms with van der Waals surface area (Å²) >= 11 is 0. The standard InChI is InChI=1S/C15H17FN4O/c1-21-14-3-2-11(16)8-12(14)13-9-15(19-10-18-13)20-6-4-17-5-7-20/h2-3,8-10,17H,4-7H2,1H3. The molecule has 0 unspecified atom stereocenters. The van der Waals surface area contributed by atoms with Crippen LogP contribution in [0.2, 0.25) is 0 Å². The number of methoxy groups -OCH3 is 1. The molecule has 2 aromatic rings. The van der Waals surface area contributed by atoms with Crippen LogP contribution in [-0.2, 0) is 0 Å². The Morgan fingerprint density at radius 1 is 1.19 bits per heavy atom. The monoisotopic (exact) mass is 288 g/mol. The molecule has 0 radical (unpaired) electrons. The quantitative estimate of drug-likeness (QED) is 0.931. The summed E-state index contributed by atoms with van der Waals surface area (Å²) in [5.74, 6) is 1.14. The van der Waals surface area contributed by atoms with Gasteiger partial charge in [-0.05, 0) is 18.2 Å². The number of hydrogen-bond acceptors (Lipinski definition) is 5. The third-order valence-corrected chi connectivity index (χ3v) is 3.53. The van der Waals surface area contributed by atoms with Crippen molar-refractivity contribution in [3.05, 3.63) is 36.4 Å². The van der Waals surface area contributed by atoms with E-state index in [4.69, 9.17) is 4.74 Å². The summed E-state index contributed by atoms with van der Waals surface area (Å²) in [5, 5.41) is 3.30. The van der Waals surface area contributed by atoms with Gasteiger partial charge in [-0.3, -0.25) is 0 Å². The lowest BCUT2D eigenvalue weighted by Crippen LogP contribution is -2.43. The van der Waals surface area contributed by atoms with Crippen LogP contribution in [0.1, 0.15) is 0 Å². The number of hydrogen-bond donors (Lipinski definition) is 1. The van der Waals surface area contributed by atoms with Gasteiger partial charge in [-0.25, -0.2) is 14.4 Å². The molecule has 21 heavy (non-hydrogen) atoms. The molecular formula is C15H17FN4O. The van der Waals surface area contributed by atoms with Crippen molar-refractivity contribution in [3.8, 4) is 17.0 Å². The van der Waals surface area contributed by atoms with Gasteiger partial charge in [-0.15, -0.1) is 0 Å². The summed E-state index contributed by atoms with van der Waals surface area (Å²) in [6.07, 6.45) is 1.51. The van der Waals surface area contributed by atoms with E-state index in [1.165, 1.54) is 18.5 Å². The number of piperazine rings is 1. The second-order valence-corrected chi connectivity index (χ2v) is 4.84. The highest BCUT2D eigenvalue weighted by atomic mass is 19.1. The number of anilines is 1. The zero-order valence-electron chi connectivity index (χ0n) is 11.8. The van der Waals surface area contributed by atoms with Gasteiger partial charge in [0, 0.05) is 37.8 Å². The SMILES string of the molecule is COc1ccc(F)cc1-c1cc(N2CCNCC2)ncn1. The van der Waals surface area contributed by atoms with Crippen molar-refractivity contribution in [2.24, 2.45) is 0 Å². The fourth-order valence-electron chi connectivity index (χ4n) is 2.44. The lowest BCUT2D eigenvalue weighted by molar-refractivity contribution is 0.415. The fourth-order valence-corrected chi connectivity index (χ4v) is 2.44. The minimum Gasteiger partial charge on any atom is -0.496 e. The summed E-state index contributed by atoms with van der Waals surface area (Å²) in [7, 11) is 1.56. The molecule has 6 heteroatoms. The van der Waals surface area contributed by atoms with Crippen molar-refractivity contribution in [3.63, 3.8) is 0 Å². The van der Waals surface area contributed by atoms with Gasteiger partial charge >= 0.3 is 0 Å². The fraction of sp³-hybridized carbons (Fsp3) is 0.333. The van der Waals surface area contributed by atoms with Crippen LogP contribution in [0.5, 0.6) is 5.75 Å². The van der Waals surface area contributed by atoms with E-state index < -0.39 is 0 Å². The third kappa shape index (κ3) is 2.95. The van der Waals surface area contributed by atoms with Crippen LogP contribution >= 0.6 is 0 Å². The number of halogens is 1. The molecule has 1 fully saturated rings. The van der Waals surface area contributed by atoms with Crippen LogP contribution in [0.4, 0.5) is 10.2 Å². The Morgan fingerprint density at radius 2 is 2.00 bits per heavy atom. The van der Waals surface area contributed by atoms with Gasteiger partial charge in [0.1, 0.15) is 23.7 Å². The van der Waals surface area contributed by atoms with E-state index in [-0.39, 0.29) is 5.82 Å². The Morgan fingerprint density at radius 3 is 2.76 bits per heavy atom. The second-order valence-electron chi connectivity index (χ2n) is 4.84. The molecule has 0 amide bonds. The maximum atomic E-state index is 13.5. The Hall–Kier alpha value is -2.21. The van der Waals surface area contributed by atoms with Gasteiger partial charge in [-0.2, -0.15) is 0 Å². The van der Waals surface area contributed by atoms with Crippen molar-refractivity contribution in [2.45, 2.75) is 0 Å². The van der Waals surface area contributed by atoms with E-state index in [1.54, 1.807) is 13.2 Å². The van der Waals surface area contributed by atoms with E-state index in [0.717, 1.165) is 32.0 Å². The summed E-state index contributed by atoms with van der Waals surface area (Å²) in [6.45, 7) is 3.67. The second kappa shape index (κ2) is 6.05. The predicted octanol–water partition coefficient (Wildman–Crippen LogP) is 1.70. The van der Waals surface area contributed by atoms with Crippen molar-refractivity contribution in [1.82, 2.24) is 15.3 Å². The van der Waals surface area contributed by atoms with Crippen LogP contribution in [-0.4, -0.2) is 43.3 Å². The van der Waals surface area contributed by atoms with Crippen molar-refractivity contribution >= 4 is 5.82 Å². The number of nitrogens with zero attached hydrogens (tertiary/aromatic N) is 3. The average Bonchev–Trinajstić information content (AvgIpc) is 2.56. The molecule has 0 bridgehead atoms. The smallest absolute Gasteiger partial charge is 0.132 e. The first-order valence-corrected chi connectivity index (χ1v) is 6.89. The molecule has 1 aromatic carbocycles. The zero-order valence-corrected chi connectivity index (χ0v) is 11.8. The van der Waals surface area contributed by atoms with Gasteiger partial charge in [-0.1, -0.05) is 0 Å². The number of rotatable bonds is 3. The summed E-state index contributed by atoms with van der Waals surface area (Å²) in [4.78, 5) is 10.8. The molecule has 0 atom stereocenters. The van der Waals surface area contributed by atoms with Crippen molar-refractivity contribution in [1.29, 1.82) is 0 Å². The van der Waals surface area contributed by atoms with E-state index in [0.29, 0.717) is 17.0 Å². The topological polar surface area (TPSA) is 50.3 Å². The third-order valence-electron chi connectivity index (χ3n) is 3.53. The van der Waals surface area contributed by atoms with Crippen molar-refractivity contribution in [2.75, 3.05) is 38.2 Å². The molecule has 1 aliphatic rings. The first-order chi connectivity index (χ1) is 10.3. The minimum absolute atomic E-state index is 0.312. The number of aromatic nitrogens is 2. The highest BCUT2D eigenvalue weighted by molar-refractivity contribution is 5.69. The molecule has 2 heterocycles. The summed E-state index contributed by atoms with van der Waals surface area (Å²) < 4.78 is 18.8. The average molecular weight is 288 g/mol. The van der Waals surface area contributed by atoms with Gasteiger partial charge in [0.25, 0.3) is 0 Å². The Kier molecular flexibility index (Phi) is 3.96. The molecule has 0 spiro atoms. The lowest BCUT2D eigenvalue weighted by atomic mass is 10.1. The van der Waals surface area contributed by atoms with E-state index in [1.807, 2.05) is 6.07 Å². The molecule has 5 nitrogen and oxygen atoms in total. The largest absolute Gasteiger partial charge is 0.496 e. The molecule has 1 aromatic heterocycles. The van der Waals surface area contributed by atoms with Crippen LogP contribution in [0.3, 0.4) is 0 Å². The Labute approximate surface area is 122 Å². The molecule has 1 saturated heterocycles. The number of nitrogens with one attached hydrogen (secondary N) is 1. The van der Waals surface area contributed by atoms with Gasteiger partial charge in [0.05, 0.1) is 12.8 Å². The molecular weight excluding hydrogens is 271 g/mol. The predicted molar refractivity (Wildman–Crippen MR) is 79.1 cm³/mol. The highest BCUT2D eigenvalue weighted by Gasteiger charge is 2.14. The van der Waals surface area contributed by atoms with Crippen LogP contribution < -0.4 is 15.0 Å². The summed E-state index contributed by atoms with van der Waals surface area (Å²) in [5.41, 5.74) is 1.30. The van der Waals surface area contributed by atoms with Gasteiger partial charge in [0.15, 0.2) is 0 Å². The lowest BCUT2D eigenvalue weighted by Gasteiger charge is -2.28. The molecule has 110 valence electrons. The zero-order chi connectivity index (χ0) is 14.7. The van der Waals surface area contributed by atoms with E-state index in [2.05, 4.69) is 20.2 Å². The maximum absolute atomic E-state index is 13.5. The normalized spacial score (nSPS) is 15.0. The molecule has 1 aliphatic heterocycles. The van der Waals surface area contributed by atoms with Crippen LogP contribution in [0.15, 0.2) is 30.6 Å². The van der Waals surface area contributed by atoms with E-state index >= 15 is 0 Å². The molecule has 0 aliphatic carbocycles. The molecule has 0 saturated carbocycles. The van der Waals surface area contributed by atoms with Gasteiger partial charge in [0.2, 0.25) is 0 Å². The minimum atomic E-state index is -0.312. The maximum Gasteiger partial charge on any atom is 0.132 e. The van der Waals surface area contributed by atoms with Gasteiger partial charge < -0.3 is 15.0 Å². The van der Waals surface area contributed by atoms with E-state index in [9.17, 15) is 4.39 Å². The molecule has 3 rings (SSSR count). The first kappa shape index (κ1) is 13.8. The van der Waals surface area contributed by atoms with Crippen LogP contribution in [0, 0.1) is 5.82 Å². The first-order valence-electron chi connectivity index (χ1n) is 6.89. The van der Waals surface area contributed by atoms with Crippen molar-refractivity contribution < 1.29 is 9.13 Å². The highest BCUT2D eigenvalue weighted by Crippen LogP contribution is 2.30. The Bertz CT molecular complexity index is 629. The number of ether oxygens (including phenoxy) is 1. The number of benzene rings is 1. The molecule has 1 N–H and O–H groups in total. The van der Waals surface area contributed by atoms with Crippen LogP contribution in [0.25, 0.3) is 11.3 Å².